The lowest BCUT2D eigenvalue weighted by atomic mass is 9.95. The molecule has 2 unspecified atom stereocenters. The molecule has 1 saturated carbocycles. The molecule has 1 aliphatic carbocycles. The van der Waals surface area contributed by atoms with Crippen LogP contribution in [0.25, 0.3) is 0 Å². The number of rotatable bonds is 8. The predicted octanol–water partition coefficient (Wildman–Crippen LogP) is 3.50. The molecule has 0 aliphatic heterocycles. The molecular formula is C21H35IN4O2S. The quantitative estimate of drug-likeness (QED) is 0.304. The van der Waals surface area contributed by atoms with Gasteiger partial charge in [-0.1, -0.05) is 25.5 Å². The van der Waals surface area contributed by atoms with E-state index in [-0.39, 0.29) is 36.4 Å². The molecule has 2 rings (SSSR count). The van der Waals surface area contributed by atoms with Crippen molar-refractivity contribution in [3.05, 3.63) is 29.8 Å². The van der Waals surface area contributed by atoms with Crippen LogP contribution in [0, 0.1) is 0 Å². The van der Waals surface area contributed by atoms with Gasteiger partial charge in [-0.25, -0.2) is 4.99 Å². The van der Waals surface area contributed by atoms with E-state index in [0.29, 0.717) is 23.8 Å². The maximum atomic E-state index is 12.0. The second kappa shape index (κ2) is 14.0. The first-order chi connectivity index (χ1) is 13.5. The summed E-state index contributed by atoms with van der Waals surface area (Å²) in [5, 5.41) is 7.48. The predicted molar refractivity (Wildman–Crippen MR) is 134 cm³/mol. The van der Waals surface area contributed by atoms with Crippen LogP contribution in [0.15, 0.2) is 29.3 Å². The zero-order chi connectivity index (χ0) is 20.4. The van der Waals surface area contributed by atoms with Gasteiger partial charge in [-0.15, -0.1) is 24.0 Å². The van der Waals surface area contributed by atoms with Crippen molar-refractivity contribution in [1.82, 2.24) is 15.5 Å². The maximum absolute atomic E-state index is 12.0. The number of aliphatic imine (C=N–C) groups is 1. The van der Waals surface area contributed by atoms with Gasteiger partial charge < -0.3 is 20.3 Å². The number of carbonyl (C=O) groups is 1. The van der Waals surface area contributed by atoms with E-state index in [0.717, 1.165) is 29.9 Å². The first kappa shape index (κ1) is 25.9. The molecule has 1 fully saturated rings. The number of thioether (sulfide) groups is 1. The molecule has 0 saturated heterocycles. The van der Waals surface area contributed by atoms with Crippen molar-refractivity contribution in [2.24, 2.45) is 4.99 Å². The number of hydrogen-bond acceptors (Lipinski definition) is 4. The lowest BCUT2D eigenvalue weighted by Gasteiger charge is -2.30. The Morgan fingerprint density at radius 3 is 2.62 bits per heavy atom. The summed E-state index contributed by atoms with van der Waals surface area (Å²) in [6.45, 7) is 3.01. The van der Waals surface area contributed by atoms with Crippen LogP contribution in [-0.2, 0) is 11.3 Å². The highest BCUT2D eigenvalue weighted by Crippen LogP contribution is 2.28. The molecule has 1 aliphatic rings. The van der Waals surface area contributed by atoms with Crippen molar-refractivity contribution in [1.29, 1.82) is 0 Å². The third-order valence-corrected chi connectivity index (χ3v) is 6.09. The SMILES string of the molecule is CCSC1CCCC(NC(=NCc2ccc(OC)cc2)NCC(=O)N(C)C)C1.I. The Morgan fingerprint density at radius 2 is 2.00 bits per heavy atom. The molecule has 0 radical (unpaired) electrons. The highest BCUT2D eigenvalue weighted by atomic mass is 127. The fourth-order valence-corrected chi connectivity index (χ4v) is 4.40. The smallest absolute Gasteiger partial charge is 0.241 e. The van der Waals surface area contributed by atoms with Gasteiger partial charge in [-0.3, -0.25) is 4.79 Å². The molecule has 0 spiro atoms. The summed E-state index contributed by atoms with van der Waals surface area (Å²) in [4.78, 5) is 18.3. The minimum absolute atomic E-state index is 0. The molecule has 2 N–H and O–H groups in total. The topological polar surface area (TPSA) is 66.0 Å². The minimum Gasteiger partial charge on any atom is -0.497 e. The Balaban J connectivity index is 0.00000420. The number of amides is 1. The first-order valence-corrected chi connectivity index (χ1v) is 11.1. The van der Waals surface area contributed by atoms with Gasteiger partial charge in [0.2, 0.25) is 5.91 Å². The zero-order valence-corrected chi connectivity index (χ0v) is 21.1. The number of halogens is 1. The third-order valence-electron chi connectivity index (χ3n) is 4.85. The molecule has 6 nitrogen and oxygen atoms in total. The first-order valence-electron chi connectivity index (χ1n) is 10.0. The lowest BCUT2D eigenvalue weighted by molar-refractivity contribution is -0.127. The van der Waals surface area contributed by atoms with E-state index >= 15 is 0 Å². The fraction of sp³-hybridized carbons (Fsp3) is 0.619. The number of nitrogens with one attached hydrogen (secondary N) is 2. The van der Waals surface area contributed by atoms with Crippen LogP contribution < -0.4 is 15.4 Å². The zero-order valence-electron chi connectivity index (χ0n) is 17.9. The van der Waals surface area contributed by atoms with Crippen molar-refractivity contribution in [2.75, 3.05) is 33.5 Å². The third kappa shape index (κ3) is 9.46. The van der Waals surface area contributed by atoms with E-state index < -0.39 is 0 Å². The van der Waals surface area contributed by atoms with Crippen LogP contribution >= 0.6 is 35.7 Å². The number of carbonyl (C=O) groups excluding carboxylic acids is 1. The largest absolute Gasteiger partial charge is 0.497 e. The lowest BCUT2D eigenvalue weighted by Crippen LogP contribution is -2.48. The molecule has 1 aromatic rings. The van der Waals surface area contributed by atoms with Crippen LogP contribution in [-0.4, -0.2) is 61.6 Å². The molecule has 29 heavy (non-hydrogen) atoms. The van der Waals surface area contributed by atoms with Crippen molar-refractivity contribution in [2.45, 2.75) is 50.4 Å². The second-order valence-electron chi connectivity index (χ2n) is 7.24. The van der Waals surface area contributed by atoms with Crippen LogP contribution in [0.5, 0.6) is 5.75 Å². The Morgan fingerprint density at radius 1 is 1.28 bits per heavy atom. The highest BCUT2D eigenvalue weighted by molar-refractivity contribution is 14.0. The van der Waals surface area contributed by atoms with Gasteiger partial charge in [-0.2, -0.15) is 11.8 Å². The average Bonchev–Trinajstić information content (AvgIpc) is 2.70. The van der Waals surface area contributed by atoms with Crippen LogP contribution in [0.3, 0.4) is 0 Å². The molecular weight excluding hydrogens is 499 g/mol. The number of hydrogen-bond donors (Lipinski definition) is 2. The van der Waals surface area contributed by atoms with Crippen LogP contribution in [0.1, 0.15) is 38.2 Å². The van der Waals surface area contributed by atoms with Crippen LogP contribution in [0.4, 0.5) is 0 Å². The van der Waals surface area contributed by atoms with E-state index in [4.69, 9.17) is 9.73 Å². The number of likely N-dealkylation sites (N-methyl/N-ethyl adjacent to an activating group) is 1. The van der Waals surface area contributed by atoms with E-state index in [2.05, 4.69) is 17.6 Å². The van der Waals surface area contributed by atoms with E-state index in [1.165, 1.54) is 12.8 Å². The standard InChI is InChI=1S/C21H34N4O2S.HI/c1-5-28-19-8-6-7-17(13-19)24-21(23-15-20(26)25(2)3)22-14-16-9-11-18(27-4)12-10-16;/h9-12,17,19H,5-8,13-15H2,1-4H3,(H2,22,23,24);1H. The van der Waals surface area contributed by atoms with Gasteiger partial charge in [0.25, 0.3) is 0 Å². The average molecular weight is 535 g/mol. The van der Waals surface area contributed by atoms with E-state index in [1.54, 1.807) is 26.1 Å². The number of benzene rings is 1. The summed E-state index contributed by atoms with van der Waals surface area (Å²) in [5.74, 6) is 2.73. The van der Waals surface area contributed by atoms with E-state index in [9.17, 15) is 4.79 Å². The molecule has 1 aromatic carbocycles. The Kier molecular flexibility index (Phi) is 12.4. The highest BCUT2D eigenvalue weighted by Gasteiger charge is 2.22. The Bertz CT molecular complexity index is 638. The van der Waals surface area contributed by atoms with Gasteiger partial charge in [0.1, 0.15) is 5.75 Å². The van der Waals surface area contributed by atoms with Gasteiger partial charge >= 0.3 is 0 Å². The fourth-order valence-electron chi connectivity index (χ4n) is 3.23. The minimum atomic E-state index is 0. The summed E-state index contributed by atoms with van der Waals surface area (Å²) in [6.07, 6.45) is 4.81. The number of nitrogens with zero attached hydrogens (tertiary/aromatic N) is 2. The van der Waals surface area contributed by atoms with Gasteiger partial charge in [0.05, 0.1) is 20.2 Å². The normalized spacial score (nSPS) is 19.1. The summed E-state index contributed by atoms with van der Waals surface area (Å²) >= 11 is 2.05. The molecule has 1 amide bonds. The number of guanidine groups is 1. The summed E-state index contributed by atoms with van der Waals surface area (Å²) in [5.41, 5.74) is 1.10. The molecule has 0 bridgehead atoms. The van der Waals surface area contributed by atoms with Crippen LogP contribution in [0.2, 0.25) is 0 Å². The number of methoxy groups -OCH3 is 1. The van der Waals surface area contributed by atoms with E-state index in [1.807, 2.05) is 36.0 Å². The number of ether oxygens (including phenoxy) is 1. The molecule has 2 atom stereocenters. The van der Waals surface area contributed by atoms with Crippen molar-refractivity contribution >= 4 is 47.6 Å². The second-order valence-corrected chi connectivity index (χ2v) is 8.82. The monoisotopic (exact) mass is 534 g/mol. The maximum Gasteiger partial charge on any atom is 0.241 e. The van der Waals surface area contributed by atoms with Gasteiger partial charge in [0, 0.05) is 25.4 Å². The molecule has 0 heterocycles. The van der Waals surface area contributed by atoms with Crippen molar-refractivity contribution < 1.29 is 9.53 Å². The summed E-state index contributed by atoms with van der Waals surface area (Å²) in [7, 11) is 5.19. The van der Waals surface area contributed by atoms with Crippen molar-refractivity contribution in [3.8, 4) is 5.75 Å². The van der Waals surface area contributed by atoms with Crippen molar-refractivity contribution in [3.63, 3.8) is 0 Å². The molecule has 8 heteroatoms. The molecule has 164 valence electrons. The Hall–Kier alpha value is -1.16. The summed E-state index contributed by atoms with van der Waals surface area (Å²) < 4.78 is 5.21. The summed E-state index contributed by atoms with van der Waals surface area (Å²) in [6, 6.07) is 8.30. The van der Waals surface area contributed by atoms with Gasteiger partial charge in [-0.05, 0) is 42.7 Å². The molecule has 0 aromatic heterocycles. The van der Waals surface area contributed by atoms with Gasteiger partial charge in [0.15, 0.2) is 5.96 Å². The Labute approximate surface area is 196 Å².